The Kier molecular flexibility index (Phi) is 4.55. The zero-order chi connectivity index (χ0) is 15.7. The number of hydrogen-bond acceptors (Lipinski definition) is 4. The molecule has 4 aliphatic rings. The number of hydrogen-bond donors (Lipinski definition) is 0. The third-order valence-corrected chi connectivity index (χ3v) is 5.51. The molecular formula is C18H26O4. The lowest BCUT2D eigenvalue weighted by molar-refractivity contribution is -0.171. The summed E-state index contributed by atoms with van der Waals surface area (Å²) in [6, 6.07) is 0. The molecule has 0 aromatic heterocycles. The summed E-state index contributed by atoms with van der Waals surface area (Å²) in [5, 5.41) is 0. The van der Waals surface area contributed by atoms with Crippen molar-refractivity contribution in [3.63, 3.8) is 0 Å². The van der Waals surface area contributed by atoms with E-state index in [0.29, 0.717) is 30.3 Å². The van der Waals surface area contributed by atoms with Crippen LogP contribution in [0.2, 0.25) is 0 Å². The van der Waals surface area contributed by atoms with Crippen molar-refractivity contribution in [2.24, 2.45) is 23.7 Å². The Labute approximate surface area is 132 Å². The first-order chi connectivity index (χ1) is 10.5. The van der Waals surface area contributed by atoms with Crippen molar-refractivity contribution in [2.75, 3.05) is 6.61 Å². The molecule has 122 valence electrons. The van der Waals surface area contributed by atoms with Crippen molar-refractivity contribution < 1.29 is 19.1 Å². The summed E-state index contributed by atoms with van der Waals surface area (Å²) in [6.45, 7) is 5.39. The van der Waals surface area contributed by atoms with Gasteiger partial charge in [-0.25, -0.2) is 4.79 Å². The summed E-state index contributed by atoms with van der Waals surface area (Å²) in [5.41, 5.74) is 0.385. The van der Waals surface area contributed by atoms with Gasteiger partial charge in [-0.05, 0) is 69.1 Å². The summed E-state index contributed by atoms with van der Waals surface area (Å²) in [4.78, 5) is 23.3. The minimum atomic E-state index is -0.394. The van der Waals surface area contributed by atoms with Gasteiger partial charge in [-0.1, -0.05) is 6.58 Å². The quantitative estimate of drug-likeness (QED) is 0.429. The second-order valence-corrected chi connectivity index (χ2v) is 7.40. The Morgan fingerprint density at radius 3 is 2.18 bits per heavy atom. The first-order valence-electron chi connectivity index (χ1n) is 8.55. The minimum absolute atomic E-state index is 0.135. The van der Waals surface area contributed by atoms with Gasteiger partial charge in [0.05, 0.1) is 6.61 Å². The predicted molar refractivity (Wildman–Crippen MR) is 81.9 cm³/mol. The van der Waals surface area contributed by atoms with Gasteiger partial charge in [-0.2, -0.15) is 0 Å². The molecule has 22 heavy (non-hydrogen) atoms. The van der Waals surface area contributed by atoms with Crippen molar-refractivity contribution in [3.05, 3.63) is 12.2 Å². The summed E-state index contributed by atoms with van der Waals surface area (Å²) in [7, 11) is 0. The maximum atomic E-state index is 12.0. The van der Waals surface area contributed by atoms with E-state index in [9.17, 15) is 9.59 Å². The van der Waals surface area contributed by atoms with Crippen LogP contribution in [-0.2, 0) is 19.1 Å². The summed E-state index contributed by atoms with van der Waals surface area (Å²) < 4.78 is 10.8. The lowest BCUT2D eigenvalue weighted by Gasteiger charge is -2.53. The van der Waals surface area contributed by atoms with Gasteiger partial charge in [-0.15, -0.1) is 0 Å². The fraction of sp³-hybridized carbons (Fsp3) is 0.778. The molecule has 0 aromatic rings. The maximum Gasteiger partial charge on any atom is 0.333 e. The predicted octanol–water partition coefficient (Wildman–Crippen LogP) is 3.25. The van der Waals surface area contributed by atoms with Crippen LogP contribution < -0.4 is 0 Å². The van der Waals surface area contributed by atoms with Crippen LogP contribution >= 0.6 is 0 Å². The average Bonchev–Trinajstić information content (AvgIpc) is 2.46. The summed E-state index contributed by atoms with van der Waals surface area (Å²) >= 11 is 0. The summed E-state index contributed by atoms with van der Waals surface area (Å²) in [5.74, 6) is 2.44. The fourth-order valence-corrected chi connectivity index (χ4v) is 4.78. The molecule has 4 aliphatic carbocycles. The molecule has 4 fully saturated rings. The third kappa shape index (κ3) is 3.36. The smallest absolute Gasteiger partial charge is 0.333 e. The van der Waals surface area contributed by atoms with Crippen molar-refractivity contribution in [1.29, 1.82) is 0 Å². The van der Waals surface area contributed by atoms with E-state index in [1.165, 1.54) is 32.1 Å². The normalized spacial score (nSPS) is 35.2. The molecule has 4 nitrogen and oxygen atoms in total. The molecule has 0 spiro atoms. The maximum absolute atomic E-state index is 12.0. The van der Waals surface area contributed by atoms with Crippen LogP contribution in [0.4, 0.5) is 0 Å². The first-order valence-corrected chi connectivity index (χ1v) is 8.55. The molecule has 0 aliphatic heterocycles. The average molecular weight is 306 g/mol. The Morgan fingerprint density at radius 1 is 1.05 bits per heavy atom. The van der Waals surface area contributed by atoms with E-state index in [4.69, 9.17) is 9.47 Å². The Bertz CT molecular complexity index is 440. The van der Waals surface area contributed by atoms with E-state index < -0.39 is 5.97 Å². The van der Waals surface area contributed by atoms with E-state index in [1.807, 2.05) is 0 Å². The van der Waals surface area contributed by atoms with E-state index in [0.717, 1.165) is 11.8 Å². The van der Waals surface area contributed by atoms with E-state index >= 15 is 0 Å². The van der Waals surface area contributed by atoms with Crippen LogP contribution in [0.3, 0.4) is 0 Å². The minimum Gasteiger partial charge on any atom is -0.462 e. The van der Waals surface area contributed by atoms with Gasteiger partial charge in [-0.3, -0.25) is 4.79 Å². The highest BCUT2D eigenvalue weighted by Crippen LogP contribution is 2.54. The van der Waals surface area contributed by atoms with Crippen molar-refractivity contribution in [3.8, 4) is 0 Å². The van der Waals surface area contributed by atoms with Crippen LogP contribution in [0.15, 0.2) is 12.2 Å². The fourth-order valence-electron chi connectivity index (χ4n) is 4.78. The zero-order valence-corrected chi connectivity index (χ0v) is 13.4. The molecule has 4 saturated carbocycles. The highest BCUT2D eigenvalue weighted by atomic mass is 16.5. The highest BCUT2D eigenvalue weighted by molar-refractivity contribution is 5.86. The zero-order valence-electron chi connectivity index (χ0n) is 13.4. The van der Waals surface area contributed by atoms with Crippen LogP contribution in [-0.4, -0.2) is 24.6 Å². The van der Waals surface area contributed by atoms with Crippen LogP contribution in [0, 0.1) is 23.7 Å². The highest BCUT2D eigenvalue weighted by Gasteiger charge is 2.49. The lowest BCUT2D eigenvalue weighted by Crippen LogP contribution is -2.50. The molecule has 4 rings (SSSR count). The lowest BCUT2D eigenvalue weighted by atomic mass is 9.55. The van der Waals surface area contributed by atoms with Gasteiger partial charge in [0.1, 0.15) is 6.10 Å². The topological polar surface area (TPSA) is 52.6 Å². The molecule has 0 aromatic carbocycles. The van der Waals surface area contributed by atoms with Crippen LogP contribution in [0.25, 0.3) is 0 Å². The van der Waals surface area contributed by atoms with Crippen molar-refractivity contribution >= 4 is 11.9 Å². The van der Waals surface area contributed by atoms with Crippen LogP contribution in [0.5, 0.6) is 0 Å². The number of carbonyl (C=O) groups is 2. The molecule has 0 N–H and O–H groups in total. The SMILES string of the molecule is C=C(C)C(=O)OCCCC(=O)OC1C2CC3CC(C2)CC1C3. The van der Waals surface area contributed by atoms with Gasteiger partial charge in [0.25, 0.3) is 0 Å². The molecule has 0 unspecified atom stereocenters. The molecule has 0 heterocycles. The number of esters is 2. The van der Waals surface area contributed by atoms with E-state index in [1.54, 1.807) is 6.92 Å². The molecule has 4 bridgehead atoms. The first kappa shape index (κ1) is 15.6. The number of ether oxygens (including phenoxy) is 2. The Morgan fingerprint density at radius 2 is 1.64 bits per heavy atom. The Balaban J connectivity index is 1.39. The molecule has 0 saturated heterocycles. The summed E-state index contributed by atoms with van der Waals surface area (Å²) in [6.07, 6.45) is 7.41. The molecule has 0 amide bonds. The molecule has 0 radical (unpaired) electrons. The van der Waals surface area contributed by atoms with Gasteiger partial charge in [0.15, 0.2) is 0 Å². The van der Waals surface area contributed by atoms with E-state index in [2.05, 4.69) is 6.58 Å². The van der Waals surface area contributed by atoms with Gasteiger partial charge in [0, 0.05) is 12.0 Å². The van der Waals surface area contributed by atoms with Crippen LogP contribution in [0.1, 0.15) is 51.9 Å². The molecular weight excluding hydrogens is 280 g/mol. The van der Waals surface area contributed by atoms with Gasteiger partial charge >= 0.3 is 11.9 Å². The second kappa shape index (κ2) is 6.43. The van der Waals surface area contributed by atoms with Crippen molar-refractivity contribution in [2.45, 2.75) is 58.0 Å². The van der Waals surface area contributed by atoms with Crippen molar-refractivity contribution in [1.82, 2.24) is 0 Å². The van der Waals surface area contributed by atoms with Gasteiger partial charge < -0.3 is 9.47 Å². The molecule has 0 atom stereocenters. The second-order valence-electron chi connectivity index (χ2n) is 7.40. The monoisotopic (exact) mass is 306 g/mol. The number of carbonyl (C=O) groups excluding carboxylic acids is 2. The Hall–Kier alpha value is -1.32. The largest absolute Gasteiger partial charge is 0.462 e. The van der Waals surface area contributed by atoms with E-state index in [-0.39, 0.29) is 18.7 Å². The standard InChI is InChI=1S/C18H26O4/c1-11(2)18(20)21-5-3-4-16(19)22-17-14-7-12-6-13(9-14)10-15(17)8-12/h12-15,17H,1,3-10H2,2H3. The molecule has 4 heteroatoms. The third-order valence-electron chi connectivity index (χ3n) is 5.51. The number of rotatable bonds is 6. The van der Waals surface area contributed by atoms with Gasteiger partial charge in [0.2, 0.25) is 0 Å².